The molecule has 0 spiro atoms. The number of aryl methyl sites for hydroxylation is 1. The van der Waals surface area contributed by atoms with Crippen molar-refractivity contribution in [2.45, 2.75) is 25.9 Å². The largest absolute Gasteiger partial charge is 0.387 e. The monoisotopic (exact) mass is 248 g/mol. The maximum Gasteiger partial charge on any atom is 0.314 e. The summed E-state index contributed by atoms with van der Waals surface area (Å²) >= 11 is 0. The van der Waals surface area contributed by atoms with Crippen molar-refractivity contribution >= 4 is 6.03 Å². The van der Waals surface area contributed by atoms with E-state index in [1.54, 1.807) is 0 Å². The molecule has 1 fully saturated rings. The van der Waals surface area contributed by atoms with E-state index in [1.807, 2.05) is 31.2 Å². The third-order valence-electron chi connectivity index (χ3n) is 3.25. The van der Waals surface area contributed by atoms with Crippen LogP contribution in [-0.2, 0) is 0 Å². The minimum atomic E-state index is -0.655. The highest BCUT2D eigenvalue weighted by atomic mass is 16.3. The van der Waals surface area contributed by atoms with E-state index >= 15 is 0 Å². The summed E-state index contributed by atoms with van der Waals surface area (Å²) in [4.78, 5) is 11.5. The molecule has 2 rings (SSSR count). The fourth-order valence-corrected chi connectivity index (χ4v) is 1.88. The number of amides is 2. The number of hydrogen-bond acceptors (Lipinski definition) is 2. The van der Waals surface area contributed by atoms with Gasteiger partial charge in [0, 0.05) is 13.1 Å². The van der Waals surface area contributed by atoms with Crippen LogP contribution >= 0.6 is 0 Å². The second kappa shape index (κ2) is 5.87. The lowest BCUT2D eigenvalue weighted by atomic mass is 10.0. The number of aliphatic hydroxyl groups is 1. The quantitative estimate of drug-likeness (QED) is 0.743. The van der Waals surface area contributed by atoms with Gasteiger partial charge in [-0.1, -0.05) is 24.3 Å². The predicted octanol–water partition coefficient (Wildman–Crippen LogP) is 1.74. The molecule has 1 atom stereocenters. The lowest BCUT2D eigenvalue weighted by Gasteiger charge is -2.14. The number of rotatable bonds is 5. The maximum atomic E-state index is 11.5. The molecule has 4 nitrogen and oxygen atoms in total. The van der Waals surface area contributed by atoms with Gasteiger partial charge in [-0.05, 0) is 36.8 Å². The average molecular weight is 248 g/mol. The highest BCUT2D eigenvalue weighted by Crippen LogP contribution is 2.27. The van der Waals surface area contributed by atoms with Gasteiger partial charge >= 0.3 is 6.03 Å². The lowest BCUT2D eigenvalue weighted by molar-refractivity contribution is 0.172. The third-order valence-corrected chi connectivity index (χ3v) is 3.25. The normalized spacial score (nSPS) is 16.1. The van der Waals surface area contributed by atoms with E-state index in [2.05, 4.69) is 10.6 Å². The van der Waals surface area contributed by atoms with Crippen molar-refractivity contribution in [2.24, 2.45) is 5.92 Å². The van der Waals surface area contributed by atoms with Gasteiger partial charge in [0.1, 0.15) is 0 Å². The van der Waals surface area contributed by atoms with Gasteiger partial charge in [-0.15, -0.1) is 0 Å². The zero-order chi connectivity index (χ0) is 13.0. The molecule has 1 aliphatic carbocycles. The van der Waals surface area contributed by atoms with Gasteiger partial charge in [-0.3, -0.25) is 0 Å². The van der Waals surface area contributed by atoms with Gasteiger partial charge in [-0.2, -0.15) is 0 Å². The summed E-state index contributed by atoms with van der Waals surface area (Å²) in [6.45, 7) is 2.93. The van der Waals surface area contributed by atoms with Crippen LogP contribution in [0.5, 0.6) is 0 Å². The molecule has 98 valence electrons. The Morgan fingerprint density at radius 3 is 2.78 bits per heavy atom. The highest BCUT2D eigenvalue weighted by Gasteiger charge is 2.21. The van der Waals surface area contributed by atoms with Crippen molar-refractivity contribution in [3.8, 4) is 0 Å². The van der Waals surface area contributed by atoms with E-state index in [9.17, 15) is 9.90 Å². The number of hydrogen-bond donors (Lipinski definition) is 3. The first-order chi connectivity index (χ1) is 8.66. The zero-order valence-corrected chi connectivity index (χ0v) is 10.6. The van der Waals surface area contributed by atoms with E-state index in [0.717, 1.165) is 17.7 Å². The summed E-state index contributed by atoms with van der Waals surface area (Å²) in [6, 6.07) is 7.45. The van der Waals surface area contributed by atoms with Crippen molar-refractivity contribution < 1.29 is 9.90 Å². The van der Waals surface area contributed by atoms with Crippen LogP contribution in [0.4, 0.5) is 4.79 Å². The molecular weight excluding hydrogens is 228 g/mol. The van der Waals surface area contributed by atoms with Gasteiger partial charge in [0.25, 0.3) is 0 Å². The molecule has 18 heavy (non-hydrogen) atoms. The van der Waals surface area contributed by atoms with Crippen molar-refractivity contribution in [3.05, 3.63) is 35.4 Å². The van der Waals surface area contributed by atoms with Crippen LogP contribution in [0.2, 0.25) is 0 Å². The van der Waals surface area contributed by atoms with Crippen LogP contribution in [0.25, 0.3) is 0 Å². The van der Waals surface area contributed by atoms with Crippen molar-refractivity contribution in [1.82, 2.24) is 10.6 Å². The average Bonchev–Trinajstić information content (AvgIpc) is 3.18. The lowest BCUT2D eigenvalue weighted by Crippen LogP contribution is -2.38. The van der Waals surface area contributed by atoms with Crippen molar-refractivity contribution in [1.29, 1.82) is 0 Å². The Labute approximate surface area is 107 Å². The van der Waals surface area contributed by atoms with Crippen molar-refractivity contribution in [2.75, 3.05) is 13.1 Å². The topological polar surface area (TPSA) is 61.4 Å². The predicted molar refractivity (Wildman–Crippen MR) is 70.3 cm³/mol. The van der Waals surface area contributed by atoms with E-state index in [-0.39, 0.29) is 12.6 Å². The van der Waals surface area contributed by atoms with Gasteiger partial charge in [0.15, 0.2) is 0 Å². The third kappa shape index (κ3) is 3.74. The molecule has 3 N–H and O–H groups in total. The van der Waals surface area contributed by atoms with E-state index in [4.69, 9.17) is 0 Å². The van der Waals surface area contributed by atoms with E-state index in [0.29, 0.717) is 5.92 Å². The summed E-state index contributed by atoms with van der Waals surface area (Å²) in [5, 5.41) is 15.5. The van der Waals surface area contributed by atoms with E-state index in [1.165, 1.54) is 12.8 Å². The Morgan fingerprint density at radius 1 is 1.39 bits per heavy atom. The summed E-state index contributed by atoms with van der Waals surface area (Å²) in [7, 11) is 0. The molecule has 2 amide bonds. The Kier molecular flexibility index (Phi) is 4.20. The molecule has 0 radical (unpaired) electrons. The SMILES string of the molecule is Cc1ccccc1[C@H](O)CNC(=O)NCC1CC1. The van der Waals surface area contributed by atoms with Crippen LogP contribution in [0, 0.1) is 12.8 Å². The zero-order valence-electron chi connectivity index (χ0n) is 10.6. The van der Waals surface area contributed by atoms with Crippen LogP contribution in [0.3, 0.4) is 0 Å². The number of carbonyl (C=O) groups excluding carboxylic acids is 1. The molecule has 4 heteroatoms. The summed E-state index contributed by atoms with van der Waals surface area (Å²) < 4.78 is 0. The fourth-order valence-electron chi connectivity index (χ4n) is 1.88. The number of urea groups is 1. The number of aliphatic hydroxyl groups excluding tert-OH is 1. The summed E-state index contributed by atoms with van der Waals surface area (Å²) in [6.07, 6.45) is 1.77. The minimum Gasteiger partial charge on any atom is -0.387 e. The van der Waals surface area contributed by atoms with Crippen LogP contribution in [0.1, 0.15) is 30.1 Å². The van der Waals surface area contributed by atoms with Gasteiger partial charge < -0.3 is 15.7 Å². The molecule has 0 unspecified atom stereocenters. The van der Waals surface area contributed by atoms with Crippen LogP contribution in [-0.4, -0.2) is 24.2 Å². The molecule has 1 saturated carbocycles. The molecule has 0 heterocycles. The fraction of sp³-hybridized carbons (Fsp3) is 0.500. The molecule has 0 bridgehead atoms. The van der Waals surface area contributed by atoms with Gasteiger partial charge in [0.2, 0.25) is 0 Å². The molecule has 0 saturated heterocycles. The Balaban J connectivity index is 1.75. The summed E-state index contributed by atoms with van der Waals surface area (Å²) in [5.41, 5.74) is 1.89. The second-order valence-corrected chi connectivity index (χ2v) is 4.91. The Hall–Kier alpha value is -1.55. The highest BCUT2D eigenvalue weighted by molar-refractivity contribution is 5.73. The first-order valence-corrected chi connectivity index (χ1v) is 6.42. The molecule has 1 aromatic rings. The standard InChI is InChI=1S/C14H20N2O2/c1-10-4-2-3-5-12(10)13(17)9-16-14(18)15-8-11-6-7-11/h2-5,11,13,17H,6-9H2,1H3,(H2,15,16,18)/t13-/m1/s1. The summed E-state index contributed by atoms with van der Waals surface area (Å²) in [5.74, 6) is 0.664. The van der Waals surface area contributed by atoms with Crippen LogP contribution in [0.15, 0.2) is 24.3 Å². The van der Waals surface area contributed by atoms with Crippen LogP contribution < -0.4 is 10.6 Å². The second-order valence-electron chi connectivity index (χ2n) is 4.91. The Morgan fingerprint density at radius 2 is 2.11 bits per heavy atom. The molecular formula is C14H20N2O2. The first kappa shape index (κ1) is 12.9. The number of carbonyl (C=O) groups is 1. The van der Waals surface area contributed by atoms with Crippen molar-refractivity contribution in [3.63, 3.8) is 0 Å². The number of benzene rings is 1. The molecule has 1 aliphatic rings. The molecule has 0 aromatic heterocycles. The smallest absolute Gasteiger partial charge is 0.314 e. The van der Waals surface area contributed by atoms with E-state index < -0.39 is 6.10 Å². The first-order valence-electron chi connectivity index (χ1n) is 6.42. The molecule has 0 aliphatic heterocycles. The maximum absolute atomic E-state index is 11.5. The number of nitrogens with one attached hydrogen (secondary N) is 2. The van der Waals surface area contributed by atoms with Gasteiger partial charge in [0.05, 0.1) is 6.10 Å². The minimum absolute atomic E-state index is 0.200. The van der Waals surface area contributed by atoms with Gasteiger partial charge in [-0.25, -0.2) is 4.79 Å². The molecule has 1 aromatic carbocycles. The Bertz CT molecular complexity index is 416.